The van der Waals surface area contributed by atoms with Crippen molar-refractivity contribution in [1.29, 1.82) is 0 Å². The number of morpholine rings is 1. The van der Waals surface area contributed by atoms with Crippen molar-refractivity contribution in [2.24, 2.45) is 0 Å². The van der Waals surface area contributed by atoms with Crippen molar-refractivity contribution >= 4 is 17.3 Å². The number of halogens is 2. The molecule has 2 rings (SSSR count). The fourth-order valence-electron chi connectivity index (χ4n) is 2.32. The highest BCUT2D eigenvalue weighted by Gasteiger charge is 2.22. The van der Waals surface area contributed by atoms with E-state index in [9.17, 15) is 23.7 Å². The largest absolute Gasteiger partial charge is 0.435 e. The minimum absolute atomic E-state index is 0.0155. The number of nitrogens with zero attached hydrogens (tertiary/aromatic N) is 3. The summed E-state index contributed by atoms with van der Waals surface area (Å²) in [5, 5.41) is 11.1. The van der Waals surface area contributed by atoms with Gasteiger partial charge in [-0.3, -0.25) is 14.9 Å². The Morgan fingerprint density at radius 1 is 1.50 bits per heavy atom. The molecule has 1 aliphatic heterocycles. The minimum atomic E-state index is -3.02. The molecule has 1 saturated heterocycles. The van der Waals surface area contributed by atoms with Crippen LogP contribution >= 0.6 is 0 Å². The van der Waals surface area contributed by atoms with Crippen LogP contribution < -0.4 is 9.64 Å². The number of hydrogen-bond donors (Lipinski definition) is 0. The molecule has 0 spiro atoms. The first-order valence-electron chi connectivity index (χ1n) is 7.18. The molecule has 0 aromatic heterocycles. The number of carbonyl (C=O) groups excluding carboxylic acids is 1. The Labute approximate surface area is 136 Å². The van der Waals surface area contributed by atoms with Crippen LogP contribution in [0.15, 0.2) is 18.2 Å². The van der Waals surface area contributed by atoms with E-state index < -0.39 is 11.5 Å². The summed E-state index contributed by atoms with van der Waals surface area (Å²) in [6, 6.07) is 3.42. The number of alkyl halides is 2. The maximum Gasteiger partial charge on any atom is 0.387 e. The highest BCUT2D eigenvalue weighted by atomic mass is 19.3. The Kier molecular flexibility index (Phi) is 5.85. The Balaban J connectivity index is 2.11. The summed E-state index contributed by atoms with van der Waals surface area (Å²) in [5.74, 6) is -0.321. The molecular formula is C14H17F2N3O5. The normalized spacial score (nSPS) is 14.8. The molecule has 0 saturated carbocycles. The topological polar surface area (TPSA) is 85.2 Å². The van der Waals surface area contributed by atoms with Crippen molar-refractivity contribution in [2.45, 2.75) is 6.61 Å². The van der Waals surface area contributed by atoms with Crippen LogP contribution in [-0.2, 0) is 9.53 Å². The number of hydrogen-bond acceptors (Lipinski definition) is 6. The van der Waals surface area contributed by atoms with Crippen molar-refractivity contribution in [3.63, 3.8) is 0 Å². The SMILES string of the molecule is CN(CCN1CCOCC1=O)c1cc(OC(F)F)ccc1[N+](=O)[O-]. The number of ether oxygens (including phenoxy) is 2. The standard InChI is InChI=1S/C14H17F2N3O5/c1-17(4-5-18-6-7-23-9-13(18)20)12-8-10(24-14(15)16)2-3-11(12)19(21)22/h2-3,8,14H,4-7,9H2,1H3. The van der Waals surface area contributed by atoms with Crippen molar-refractivity contribution in [3.8, 4) is 5.75 Å². The molecule has 0 N–H and O–H groups in total. The molecule has 1 amide bonds. The molecule has 24 heavy (non-hydrogen) atoms. The summed E-state index contributed by atoms with van der Waals surface area (Å²) in [6.07, 6.45) is 0. The zero-order valence-corrected chi connectivity index (χ0v) is 13.0. The van der Waals surface area contributed by atoms with Gasteiger partial charge in [0.1, 0.15) is 18.0 Å². The second-order valence-corrected chi connectivity index (χ2v) is 5.14. The molecule has 1 fully saturated rings. The maximum atomic E-state index is 12.3. The van der Waals surface area contributed by atoms with Gasteiger partial charge < -0.3 is 19.3 Å². The molecule has 1 aromatic rings. The van der Waals surface area contributed by atoms with Crippen LogP contribution in [0, 0.1) is 10.1 Å². The second kappa shape index (κ2) is 7.86. The maximum absolute atomic E-state index is 12.3. The van der Waals surface area contributed by atoms with Crippen LogP contribution in [-0.4, -0.2) is 62.2 Å². The van der Waals surface area contributed by atoms with Crippen LogP contribution in [0.5, 0.6) is 5.75 Å². The number of benzene rings is 1. The number of nitro groups is 1. The molecular weight excluding hydrogens is 328 g/mol. The third kappa shape index (κ3) is 4.51. The lowest BCUT2D eigenvalue weighted by atomic mass is 10.2. The van der Waals surface area contributed by atoms with Gasteiger partial charge in [0.2, 0.25) is 5.91 Å². The van der Waals surface area contributed by atoms with Gasteiger partial charge in [0.15, 0.2) is 0 Å². The molecule has 0 bridgehead atoms. The van der Waals surface area contributed by atoms with Crippen LogP contribution in [0.1, 0.15) is 0 Å². The molecule has 8 nitrogen and oxygen atoms in total. The summed E-state index contributed by atoms with van der Waals surface area (Å²) < 4.78 is 34.0. The molecule has 1 aromatic carbocycles. The number of likely N-dealkylation sites (N-methyl/N-ethyl adjacent to an activating group) is 1. The van der Waals surface area contributed by atoms with Gasteiger partial charge in [0, 0.05) is 38.8 Å². The number of carbonyl (C=O) groups is 1. The van der Waals surface area contributed by atoms with E-state index in [0.717, 1.165) is 12.1 Å². The molecule has 1 aliphatic rings. The first-order valence-corrected chi connectivity index (χ1v) is 7.18. The average Bonchev–Trinajstić information content (AvgIpc) is 2.53. The first kappa shape index (κ1) is 17.9. The first-order chi connectivity index (χ1) is 11.4. The van der Waals surface area contributed by atoms with Crippen molar-refractivity contribution in [2.75, 3.05) is 44.8 Å². The van der Waals surface area contributed by atoms with E-state index in [1.54, 1.807) is 11.9 Å². The van der Waals surface area contributed by atoms with Gasteiger partial charge in [-0.25, -0.2) is 0 Å². The molecule has 1 heterocycles. The molecule has 10 heteroatoms. The minimum Gasteiger partial charge on any atom is -0.435 e. The zero-order valence-electron chi connectivity index (χ0n) is 13.0. The monoisotopic (exact) mass is 345 g/mol. The summed E-state index contributed by atoms with van der Waals surface area (Å²) in [4.78, 5) is 25.3. The van der Waals surface area contributed by atoms with E-state index in [1.165, 1.54) is 11.0 Å². The number of rotatable bonds is 7. The number of anilines is 1. The Bertz CT molecular complexity index is 614. The van der Waals surface area contributed by atoms with Crippen LogP contribution in [0.4, 0.5) is 20.2 Å². The van der Waals surface area contributed by atoms with Gasteiger partial charge >= 0.3 is 6.61 Å². The van der Waals surface area contributed by atoms with Crippen LogP contribution in [0.2, 0.25) is 0 Å². The molecule has 0 unspecified atom stereocenters. The smallest absolute Gasteiger partial charge is 0.387 e. The van der Waals surface area contributed by atoms with Gasteiger partial charge in [0.05, 0.1) is 11.5 Å². The van der Waals surface area contributed by atoms with Gasteiger partial charge in [-0.05, 0) is 6.07 Å². The molecule has 0 radical (unpaired) electrons. The van der Waals surface area contributed by atoms with E-state index in [0.29, 0.717) is 26.2 Å². The van der Waals surface area contributed by atoms with Gasteiger partial charge in [-0.2, -0.15) is 8.78 Å². The second-order valence-electron chi connectivity index (χ2n) is 5.14. The fraction of sp³-hybridized carbons (Fsp3) is 0.500. The Morgan fingerprint density at radius 3 is 2.88 bits per heavy atom. The van der Waals surface area contributed by atoms with E-state index in [2.05, 4.69) is 4.74 Å². The van der Waals surface area contributed by atoms with Gasteiger partial charge in [0.25, 0.3) is 5.69 Å². The quantitative estimate of drug-likeness (QED) is 0.550. The molecule has 0 aliphatic carbocycles. The highest BCUT2D eigenvalue weighted by Crippen LogP contribution is 2.32. The van der Waals surface area contributed by atoms with E-state index in [4.69, 9.17) is 4.74 Å². The molecule has 0 atom stereocenters. The van der Waals surface area contributed by atoms with Crippen molar-refractivity contribution < 1.29 is 28.0 Å². The summed E-state index contributed by atoms with van der Waals surface area (Å²) >= 11 is 0. The summed E-state index contributed by atoms with van der Waals surface area (Å²) in [7, 11) is 1.58. The Morgan fingerprint density at radius 2 is 2.25 bits per heavy atom. The summed E-state index contributed by atoms with van der Waals surface area (Å²) in [6.45, 7) is -1.48. The van der Waals surface area contributed by atoms with E-state index in [-0.39, 0.29) is 29.6 Å². The lowest BCUT2D eigenvalue weighted by Crippen LogP contribution is -2.44. The number of nitro benzene ring substituents is 1. The highest BCUT2D eigenvalue weighted by molar-refractivity contribution is 5.78. The average molecular weight is 345 g/mol. The van der Waals surface area contributed by atoms with Crippen molar-refractivity contribution in [1.82, 2.24) is 4.90 Å². The lowest BCUT2D eigenvalue weighted by molar-refractivity contribution is -0.384. The predicted octanol–water partition coefficient (Wildman–Crippen LogP) is 1.49. The molecule has 132 valence electrons. The lowest BCUT2D eigenvalue weighted by Gasteiger charge is -2.29. The fourth-order valence-corrected chi connectivity index (χ4v) is 2.32. The van der Waals surface area contributed by atoms with E-state index in [1.807, 2.05) is 0 Å². The third-order valence-corrected chi connectivity index (χ3v) is 3.57. The summed E-state index contributed by atoms with van der Waals surface area (Å²) in [5.41, 5.74) is -0.0914. The van der Waals surface area contributed by atoms with Crippen molar-refractivity contribution in [3.05, 3.63) is 28.3 Å². The van der Waals surface area contributed by atoms with Crippen LogP contribution in [0.3, 0.4) is 0 Å². The van der Waals surface area contributed by atoms with E-state index >= 15 is 0 Å². The van der Waals surface area contributed by atoms with Crippen LogP contribution in [0.25, 0.3) is 0 Å². The third-order valence-electron chi connectivity index (χ3n) is 3.57. The van der Waals surface area contributed by atoms with Gasteiger partial charge in [-0.15, -0.1) is 0 Å². The van der Waals surface area contributed by atoms with Gasteiger partial charge in [-0.1, -0.05) is 0 Å². The number of amides is 1. The predicted molar refractivity (Wildman–Crippen MR) is 80.4 cm³/mol. The zero-order chi connectivity index (χ0) is 17.7. The Hall–Kier alpha value is -2.49.